The van der Waals surface area contributed by atoms with E-state index >= 15 is 0 Å². The van der Waals surface area contributed by atoms with Gasteiger partial charge >= 0.3 is 23.9 Å². The number of benzene rings is 2. The zero-order valence-corrected chi connectivity index (χ0v) is 19.0. The molecule has 2 N–H and O–H groups in total. The van der Waals surface area contributed by atoms with Gasteiger partial charge in [0.05, 0.1) is 40.6 Å². The molecular formula is C24H24N2O8. The average molecular weight is 468 g/mol. The highest BCUT2D eigenvalue weighted by atomic mass is 16.5. The Kier molecular flexibility index (Phi) is 9.39. The molecule has 0 aromatic heterocycles. The lowest BCUT2D eigenvalue weighted by Crippen LogP contribution is -2.15. The molecule has 0 aliphatic heterocycles. The molecule has 2 rings (SSSR count). The van der Waals surface area contributed by atoms with E-state index in [0.717, 1.165) is 23.3 Å². The highest BCUT2D eigenvalue weighted by molar-refractivity contribution is 5.99. The molecule has 178 valence electrons. The Morgan fingerprint density at radius 2 is 0.882 bits per heavy atom. The maximum atomic E-state index is 11.9. The number of carbonyl (C=O) groups excluding carboxylic acids is 4. The Morgan fingerprint density at radius 3 is 1.15 bits per heavy atom. The van der Waals surface area contributed by atoms with Crippen LogP contribution in [0.15, 0.2) is 72.1 Å². The SMILES string of the molecule is COC(=O)/C=C(/Nc1ccc(-c2ccc(N/C(=C/C(=O)OC)C(=O)OC)cc2)cc1)C(=O)OC. The van der Waals surface area contributed by atoms with Crippen molar-refractivity contribution in [3.8, 4) is 11.1 Å². The summed E-state index contributed by atoms with van der Waals surface area (Å²) >= 11 is 0. The summed E-state index contributed by atoms with van der Waals surface area (Å²) in [5.41, 5.74) is 2.70. The van der Waals surface area contributed by atoms with E-state index in [1.807, 2.05) is 24.3 Å². The van der Waals surface area contributed by atoms with Crippen LogP contribution in [0.1, 0.15) is 0 Å². The second-order valence-corrected chi connectivity index (χ2v) is 6.55. The molecule has 0 bridgehead atoms. The highest BCUT2D eigenvalue weighted by Gasteiger charge is 2.14. The highest BCUT2D eigenvalue weighted by Crippen LogP contribution is 2.24. The third-order valence-electron chi connectivity index (χ3n) is 4.40. The lowest BCUT2D eigenvalue weighted by Gasteiger charge is -2.11. The number of nitrogens with one attached hydrogen (secondary N) is 2. The summed E-state index contributed by atoms with van der Waals surface area (Å²) in [6.45, 7) is 0. The van der Waals surface area contributed by atoms with Gasteiger partial charge in [-0.15, -0.1) is 0 Å². The van der Waals surface area contributed by atoms with Gasteiger partial charge in [0.1, 0.15) is 11.4 Å². The molecule has 0 spiro atoms. The zero-order chi connectivity index (χ0) is 25.1. The second kappa shape index (κ2) is 12.4. The molecule has 0 heterocycles. The second-order valence-electron chi connectivity index (χ2n) is 6.55. The van der Waals surface area contributed by atoms with Crippen LogP contribution in [0.5, 0.6) is 0 Å². The summed E-state index contributed by atoms with van der Waals surface area (Å²) in [6.07, 6.45) is 2.01. The molecule has 0 fully saturated rings. The predicted molar refractivity (Wildman–Crippen MR) is 123 cm³/mol. The number of esters is 4. The van der Waals surface area contributed by atoms with E-state index < -0.39 is 23.9 Å². The molecule has 0 aliphatic carbocycles. The molecule has 10 heteroatoms. The minimum absolute atomic E-state index is 0.0704. The molecule has 2 aromatic carbocycles. The molecule has 34 heavy (non-hydrogen) atoms. The van der Waals surface area contributed by atoms with Crippen LogP contribution in [-0.4, -0.2) is 52.3 Å². The number of ether oxygens (including phenoxy) is 4. The number of hydrogen-bond acceptors (Lipinski definition) is 10. The van der Waals surface area contributed by atoms with Gasteiger partial charge in [0.2, 0.25) is 0 Å². The molecular weight excluding hydrogens is 444 g/mol. The first kappa shape index (κ1) is 25.7. The Balaban J connectivity index is 2.17. The van der Waals surface area contributed by atoms with Gasteiger partial charge in [-0.2, -0.15) is 0 Å². The Hall–Kier alpha value is -4.60. The molecule has 2 aromatic rings. The van der Waals surface area contributed by atoms with Crippen molar-refractivity contribution in [3.05, 3.63) is 72.1 Å². The first-order valence-electron chi connectivity index (χ1n) is 9.81. The van der Waals surface area contributed by atoms with Crippen molar-refractivity contribution in [3.63, 3.8) is 0 Å². The van der Waals surface area contributed by atoms with Crippen LogP contribution in [-0.2, 0) is 38.1 Å². The van der Waals surface area contributed by atoms with Gasteiger partial charge in [-0.1, -0.05) is 24.3 Å². The number of hydrogen-bond donors (Lipinski definition) is 2. The molecule has 0 amide bonds. The van der Waals surface area contributed by atoms with Crippen molar-refractivity contribution < 1.29 is 38.1 Å². The molecule has 0 saturated heterocycles. The fraction of sp³-hybridized carbons (Fsp3) is 0.167. The van der Waals surface area contributed by atoms with Crippen molar-refractivity contribution in [2.75, 3.05) is 39.1 Å². The molecule has 0 radical (unpaired) electrons. The maximum Gasteiger partial charge on any atom is 0.354 e. The van der Waals surface area contributed by atoms with Crippen molar-refractivity contribution in [1.82, 2.24) is 0 Å². The average Bonchev–Trinajstić information content (AvgIpc) is 2.87. The Bertz CT molecular complexity index is 1010. The van der Waals surface area contributed by atoms with E-state index in [4.69, 9.17) is 0 Å². The van der Waals surface area contributed by atoms with Crippen molar-refractivity contribution in [2.24, 2.45) is 0 Å². The normalized spacial score (nSPS) is 11.2. The molecule has 0 aliphatic rings. The van der Waals surface area contributed by atoms with Crippen LogP contribution in [0, 0.1) is 0 Å². The van der Waals surface area contributed by atoms with Crippen LogP contribution in [0.3, 0.4) is 0 Å². The van der Waals surface area contributed by atoms with Crippen LogP contribution in [0.25, 0.3) is 11.1 Å². The quantitative estimate of drug-likeness (QED) is 0.322. The van der Waals surface area contributed by atoms with Gasteiger partial charge < -0.3 is 29.6 Å². The summed E-state index contributed by atoms with van der Waals surface area (Å²) in [5.74, 6) is -2.83. The Morgan fingerprint density at radius 1 is 0.559 bits per heavy atom. The van der Waals surface area contributed by atoms with Gasteiger partial charge in [0.25, 0.3) is 0 Å². The first-order valence-corrected chi connectivity index (χ1v) is 9.81. The lowest BCUT2D eigenvalue weighted by atomic mass is 10.0. The van der Waals surface area contributed by atoms with E-state index in [9.17, 15) is 19.2 Å². The molecule has 0 atom stereocenters. The van der Waals surface area contributed by atoms with Crippen molar-refractivity contribution in [1.29, 1.82) is 0 Å². The van der Waals surface area contributed by atoms with Crippen LogP contribution in [0.2, 0.25) is 0 Å². The fourth-order valence-electron chi connectivity index (χ4n) is 2.67. The van der Waals surface area contributed by atoms with Crippen molar-refractivity contribution >= 4 is 35.3 Å². The van der Waals surface area contributed by atoms with Gasteiger partial charge in [0.15, 0.2) is 0 Å². The Labute approximate surface area is 196 Å². The monoisotopic (exact) mass is 468 g/mol. The number of carbonyl (C=O) groups is 4. The summed E-state index contributed by atoms with van der Waals surface area (Å²) in [4.78, 5) is 46.7. The van der Waals surface area contributed by atoms with E-state index in [1.165, 1.54) is 28.4 Å². The van der Waals surface area contributed by atoms with Gasteiger partial charge in [-0.25, -0.2) is 19.2 Å². The van der Waals surface area contributed by atoms with Crippen LogP contribution < -0.4 is 10.6 Å². The molecule has 10 nitrogen and oxygen atoms in total. The minimum Gasteiger partial charge on any atom is -0.466 e. The third-order valence-corrected chi connectivity index (χ3v) is 4.40. The van der Waals surface area contributed by atoms with Gasteiger partial charge in [0, 0.05) is 11.4 Å². The first-order chi connectivity index (χ1) is 16.3. The maximum absolute atomic E-state index is 11.9. The number of anilines is 2. The van der Waals surface area contributed by atoms with E-state index in [1.54, 1.807) is 24.3 Å². The zero-order valence-electron chi connectivity index (χ0n) is 19.0. The number of rotatable bonds is 9. The lowest BCUT2D eigenvalue weighted by molar-refractivity contribution is -0.138. The summed E-state index contributed by atoms with van der Waals surface area (Å²) in [7, 11) is 4.82. The largest absolute Gasteiger partial charge is 0.466 e. The molecule has 0 unspecified atom stereocenters. The fourth-order valence-corrected chi connectivity index (χ4v) is 2.67. The minimum atomic E-state index is -0.717. The third kappa shape index (κ3) is 7.23. The topological polar surface area (TPSA) is 129 Å². The smallest absolute Gasteiger partial charge is 0.354 e. The van der Waals surface area contributed by atoms with Crippen molar-refractivity contribution in [2.45, 2.75) is 0 Å². The predicted octanol–water partition coefficient (Wildman–Crippen LogP) is 2.64. The summed E-state index contributed by atoms with van der Waals surface area (Å²) in [5, 5.41) is 5.66. The number of methoxy groups -OCH3 is 4. The molecule has 0 saturated carbocycles. The van der Waals surface area contributed by atoms with E-state index in [2.05, 4.69) is 29.6 Å². The summed E-state index contributed by atoms with van der Waals surface area (Å²) in [6, 6.07) is 14.2. The van der Waals surface area contributed by atoms with Gasteiger partial charge in [-0.3, -0.25) is 0 Å². The van der Waals surface area contributed by atoms with Crippen LogP contribution in [0.4, 0.5) is 11.4 Å². The standard InChI is InChI=1S/C24H24N2O8/c1-31-21(27)13-19(23(29)33-3)25-17-9-5-15(6-10-17)16-7-11-18(12-8-16)26-20(24(30)34-4)14-22(28)32-2/h5-14,25-26H,1-4H3/b19-13+,20-14+. The summed E-state index contributed by atoms with van der Waals surface area (Å²) < 4.78 is 18.4. The van der Waals surface area contributed by atoms with Crippen LogP contribution >= 0.6 is 0 Å². The van der Waals surface area contributed by atoms with Gasteiger partial charge in [-0.05, 0) is 35.4 Å². The van der Waals surface area contributed by atoms with E-state index in [-0.39, 0.29) is 11.4 Å². The van der Waals surface area contributed by atoms with E-state index in [0.29, 0.717) is 11.4 Å².